The molecule has 3 rings (SSSR count). The van der Waals surface area contributed by atoms with E-state index in [0.29, 0.717) is 26.5 Å². The van der Waals surface area contributed by atoms with Crippen LogP contribution in [0.15, 0.2) is 41.4 Å². The zero-order chi connectivity index (χ0) is 19.4. The van der Waals surface area contributed by atoms with Crippen molar-refractivity contribution in [2.75, 3.05) is 14.2 Å². The summed E-state index contributed by atoms with van der Waals surface area (Å²) in [6.07, 6.45) is 5.48. The van der Waals surface area contributed by atoms with Gasteiger partial charge in [0, 0.05) is 0 Å². The highest BCUT2D eigenvalue weighted by Crippen LogP contribution is 2.27. The zero-order valence-electron chi connectivity index (χ0n) is 14.9. The van der Waals surface area contributed by atoms with Crippen LogP contribution in [0.4, 0.5) is 4.39 Å². The lowest BCUT2D eigenvalue weighted by Gasteiger charge is -2.08. The van der Waals surface area contributed by atoms with Crippen LogP contribution in [0.1, 0.15) is 5.56 Å². The Bertz CT molecular complexity index is 1110. The van der Waals surface area contributed by atoms with Gasteiger partial charge in [0.25, 0.3) is 5.91 Å². The number of rotatable bonds is 5. The van der Waals surface area contributed by atoms with Crippen molar-refractivity contribution >= 4 is 27.5 Å². The van der Waals surface area contributed by atoms with Gasteiger partial charge in [0.15, 0.2) is 16.3 Å². The van der Waals surface area contributed by atoms with E-state index < -0.39 is 5.82 Å². The number of halogens is 1. The minimum Gasteiger partial charge on any atom is -0.493 e. The third kappa shape index (κ3) is 3.86. The topological polar surface area (TPSA) is 52.8 Å². The molecule has 0 bridgehead atoms. The van der Waals surface area contributed by atoms with Gasteiger partial charge in [-0.15, -0.1) is 6.42 Å². The largest absolute Gasteiger partial charge is 0.493 e. The van der Waals surface area contributed by atoms with Crippen LogP contribution in [0.25, 0.3) is 10.2 Å². The van der Waals surface area contributed by atoms with Crippen LogP contribution >= 0.6 is 11.3 Å². The van der Waals surface area contributed by atoms with Gasteiger partial charge >= 0.3 is 0 Å². The third-order valence-electron chi connectivity index (χ3n) is 3.92. The van der Waals surface area contributed by atoms with Gasteiger partial charge in [-0.2, -0.15) is 4.99 Å². The van der Waals surface area contributed by atoms with E-state index in [9.17, 15) is 9.18 Å². The lowest BCUT2D eigenvalue weighted by molar-refractivity contribution is -0.117. The number of hydrogen-bond acceptors (Lipinski definition) is 4. The van der Waals surface area contributed by atoms with Gasteiger partial charge in [-0.3, -0.25) is 4.79 Å². The van der Waals surface area contributed by atoms with Crippen LogP contribution in [-0.2, 0) is 17.8 Å². The van der Waals surface area contributed by atoms with E-state index in [0.717, 1.165) is 5.56 Å². The Morgan fingerprint density at radius 1 is 1.26 bits per heavy atom. The number of hydrogen-bond donors (Lipinski definition) is 0. The molecule has 0 aliphatic rings. The van der Waals surface area contributed by atoms with E-state index in [-0.39, 0.29) is 18.9 Å². The van der Waals surface area contributed by atoms with Crippen molar-refractivity contribution in [2.24, 2.45) is 4.99 Å². The molecule has 0 N–H and O–H groups in total. The van der Waals surface area contributed by atoms with E-state index in [1.807, 2.05) is 0 Å². The maximum atomic E-state index is 14.2. The molecule has 2 aromatic carbocycles. The van der Waals surface area contributed by atoms with Crippen LogP contribution in [-0.4, -0.2) is 24.7 Å². The Labute approximate surface area is 159 Å². The molecule has 0 aliphatic carbocycles. The molecule has 7 heteroatoms. The van der Waals surface area contributed by atoms with Crippen molar-refractivity contribution in [3.8, 4) is 23.8 Å². The highest BCUT2D eigenvalue weighted by Gasteiger charge is 2.12. The summed E-state index contributed by atoms with van der Waals surface area (Å²) in [5, 5.41) is 0. The minimum atomic E-state index is -0.396. The summed E-state index contributed by atoms with van der Waals surface area (Å²) in [5.41, 5.74) is 1.09. The predicted octanol–water partition coefficient (Wildman–Crippen LogP) is 3.16. The molecule has 0 aliphatic heterocycles. The van der Waals surface area contributed by atoms with Crippen LogP contribution in [0, 0.1) is 18.2 Å². The minimum absolute atomic E-state index is 0.0765. The number of fused-ring (bicyclic) bond motifs is 1. The highest BCUT2D eigenvalue weighted by atomic mass is 32.1. The van der Waals surface area contributed by atoms with E-state index in [2.05, 4.69) is 10.9 Å². The number of thiazole rings is 1. The molecule has 1 aromatic heterocycles. The standard InChI is InChI=1S/C20H17FN2O3S/c1-4-10-23-19-14(21)6-5-7-17(19)27-20(23)22-18(24)12-13-8-9-15(25-2)16(11-13)26-3/h1,5-9,11H,10,12H2,2-3H3. The molecule has 5 nitrogen and oxygen atoms in total. The molecule has 0 fully saturated rings. The van der Waals surface area contributed by atoms with E-state index in [1.54, 1.807) is 42.0 Å². The predicted molar refractivity (Wildman–Crippen MR) is 102 cm³/mol. The smallest absolute Gasteiger partial charge is 0.252 e. The summed E-state index contributed by atoms with van der Waals surface area (Å²) in [4.78, 5) is 17.0. The molecular formula is C20H17FN2O3S. The number of carbonyl (C=O) groups excluding carboxylic acids is 1. The second-order valence-corrected chi connectivity index (χ2v) is 6.64. The zero-order valence-corrected chi connectivity index (χ0v) is 15.7. The van der Waals surface area contributed by atoms with Gasteiger partial charge in [-0.25, -0.2) is 4.39 Å². The van der Waals surface area contributed by atoms with Gasteiger partial charge in [-0.1, -0.05) is 29.4 Å². The molecule has 0 spiro atoms. The second-order valence-electron chi connectivity index (χ2n) is 5.63. The van der Waals surface area contributed by atoms with E-state index >= 15 is 0 Å². The van der Waals surface area contributed by atoms with Crippen molar-refractivity contribution in [3.63, 3.8) is 0 Å². The molecule has 138 valence electrons. The number of para-hydroxylation sites is 1. The number of methoxy groups -OCH3 is 2. The Morgan fingerprint density at radius 2 is 2.04 bits per heavy atom. The van der Waals surface area contributed by atoms with E-state index in [4.69, 9.17) is 15.9 Å². The van der Waals surface area contributed by atoms with Gasteiger partial charge < -0.3 is 14.0 Å². The summed E-state index contributed by atoms with van der Waals surface area (Å²) in [5.74, 6) is 2.84. The fraction of sp³-hybridized carbons (Fsp3) is 0.200. The van der Waals surface area contributed by atoms with Crippen LogP contribution in [0.2, 0.25) is 0 Å². The van der Waals surface area contributed by atoms with Gasteiger partial charge in [0.1, 0.15) is 5.82 Å². The lowest BCUT2D eigenvalue weighted by Crippen LogP contribution is -2.17. The van der Waals surface area contributed by atoms with Crippen molar-refractivity contribution < 1.29 is 18.7 Å². The first-order valence-corrected chi connectivity index (χ1v) is 8.88. The summed E-state index contributed by atoms with van der Waals surface area (Å²) >= 11 is 1.23. The number of amides is 1. The number of aromatic nitrogens is 1. The first-order valence-electron chi connectivity index (χ1n) is 8.07. The van der Waals surface area contributed by atoms with Gasteiger partial charge in [0.05, 0.1) is 37.4 Å². The first kappa shape index (κ1) is 18.7. The lowest BCUT2D eigenvalue weighted by atomic mass is 10.1. The average molecular weight is 384 g/mol. The fourth-order valence-electron chi connectivity index (χ4n) is 2.72. The Hall–Kier alpha value is -3.11. The molecule has 0 unspecified atom stereocenters. The van der Waals surface area contributed by atoms with Gasteiger partial charge in [-0.05, 0) is 29.8 Å². The molecule has 27 heavy (non-hydrogen) atoms. The first-order chi connectivity index (χ1) is 13.1. The molecular weight excluding hydrogens is 367 g/mol. The maximum Gasteiger partial charge on any atom is 0.252 e. The normalized spacial score (nSPS) is 11.4. The average Bonchev–Trinajstić information content (AvgIpc) is 3.00. The summed E-state index contributed by atoms with van der Waals surface area (Å²) in [6, 6.07) is 9.98. The molecule has 0 radical (unpaired) electrons. The summed E-state index contributed by atoms with van der Waals surface area (Å²) in [6.45, 7) is 0.128. The number of carbonyl (C=O) groups is 1. The SMILES string of the molecule is C#CCn1c(=NC(=O)Cc2ccc(OC)c(OC)c2)sc2cccc(F)c21. The molecule has 1 heterocycles. The Balaban J connectivity index is 1.97. The number of nitrogens with zero attached hydrogens (tertiary/aromatic N) is 2. The molecule has 1 amide bonds. The quantitative estimate of drug-likeness (QED) is 0.635. The molecule has 0 saturated carbocycles. The van der Waals surface area contributed by atoms with Crippen molar-refractivity contribution in [1.82, 2.24) is 4.57 Å². The number of terminal acetylenes is 1. The summed E-state index contributed by atoms with van der Waals surface area (Å²) in [7, 11) is 3.07. The van der Waals surface area contributed by atoms with Gasteiger partial charge in [0.2, 0.25) is 0 Å². The molecule has 3 aromatic rings. The fourth-order valence-corrected chi connectivity index (χ4v) is 3.78. The van der Waals surface area contributed by atoms with Crippen molar-refractivity contribution in [1.29, 1.82) is 0 Å². The van der Waals surface area contributed by atoms with Crippen molar-refractivity contribution in [2.45, 2.75) is 13.0 Å². The van der Waals surface area contributed by atoms with Crippen LogP contribution in [0.5, 0.6) is 11.5 Å². The Morgan fingerprint density at radius 3 is 2.74 bits per heavy atom. The van der Waals surface area contributed by atoms with Crippen molar-refractivity contribution in [3.05, 3.63) is 52.6 Å². The highest BCUT2D eigenvalue weighted by molar-refractivity contribution is 7.16. The third-order valence-corrected chi connectivity index (χ3v) is 4.97. The number of ether oxygens (including phenoxy) is 2. The molecule has 0 saturated heterocycles. The second kappa shape index (κ2) is 8.06. The number of benzene rings is 2. The maximum absolute atomic E-state index is 14.2. The monoisotopic (exact) mass is 384 g/mol. The van der Waals surface area contributed by atoms with Crippen LogP contribution in [0.3, 0.4) is 0 Å². The Kier molecular flexibility index (Phi) is 5.57. The van der Waals surface area contributed by atoms with E-state index in [1.165, 1.54) is 24.5 Å². The molecule has 0 atom stereocenters. The summed E-state index contributed by atoms with van der Waals surface area (Å²) < 4.78 is 26.9. The van der Waals surface area contributed by atoms with Crippen LogP contribution < -0.4 is 14.3 Å².